The van der Waals surface area contributed by atoms with Crippen molar-refractivity contribution in [1.82, 2.24) is 0 Å². The molecule has 0 saturated heterocycles. The Morgan fingerprint density at radius 3 is 2.79 bits per heavy atom. The molecule has 0 aliphatic carbocycles. The molecule has 0 radical (unpaired) electrons. The minimum absolute atomic E-state index is 0.346. The molecule has 0 spiro atoms. The van der Waals surface area contributed by atoms with Gasteiger partial charge in [0.05, 0.1) is 6.10 Å². The molecule has 0 aliphatic rings. The van der Waals surface area contributed by atoms with Gasteiger partial charge < -0.3 is 5.11 Å². The van der Waals surface area contributed by atoms with Crippen LogP contribution in [0, 0.1) is 0 Å². The Balaban J connectivity index is 2.62. The van der Waals surface area contributed by atoms with E-state index in [9.17, 15) is 5.11 Å². The van der Waals surface area contributed by atoms with Crippen LogP contribution in [0.1, 0.15) is 24.3 Å². The summed E-state index contributed by atoms with van der Waals surface area (Å²) in [6, 6.07) is 8.19. The number of aliphatic hydroxyl groups is 1. The zero-order valence-electron chi connectivity index (χ0n) is 7.83. The van der Waals surface area contributed by atoms with Crippen molar-refractivity contribution in [3.8, 4) is 0 Å². The minimum Gasteiger partial charge on any atom is -0.388 e. The van der Waals surface area contributed by atoms with Gasteiger partial charge in [-0.3, -0.25) is 0 Å². The molecule has 1 atom stereocenters. The number of hydrogen-bond donors (Lipinski definition) is 1. The third-order valence-corrected chi connectivity index (χ3v) is 4.64. The maximum absolute atomic E-state index is 9.79. The standard InChI is InChI=1S/C11H11BrOS/c1-2-8(13)11-10(12)7-5-3-4-6-9(7)14-11/h3-6,8,13H,2H2,1H3. The van der Waals surface area contributed by atoms with Gasteiger partial charge in [-0.1, -0.05) is 25.1 Å². The fourth-order valence-corrected chi connectivity index (χ4v) is 3.58. The second-order valence-electron chi connectivity index (χ2n) is 3.20. The Morgan fingerprint density at radius 1 is 1.43 bits per heavy atom. The van der Waals surface area contributed by atoms with Gasteiger partial charge in [0.2, 0.25) is 0 Å². The lowest BCUT2D eigenvalue weighted by atomic mass is 10.2. The molecule has 14 heavy (non-hydrogen) atoms. The van der Waals surface area contributed by atoms with Gasteiger partial charge in [-0.2, -0.15) is 0 Å². The fourth-order valence-electron chi connectivity index (χ4n) is 1.43. The second kappa shape index (κ2) is 4.01. The lowest BCUT2D eigenvalue weighted by Gasteiger charge is -2.04. The molecule has 0 saturated carbocycles. The summed E-state index contributed by atoms with van der Waals surface area (Å²) < 4.78 is 2.27. The normalized spacial score (nSPS) is 13.4. The molecule has 1 aromatic carbocycles. The van der Waals surface area contributed by atoms with E-state index in [2.05, 4.69) is 28.1 Å². The molecule has 0 bridgehead atoms. The maximum atomic E-state index is 9.79. The van der Waals surface area contributed by atoms with E-state index >= 15 is 0 Å². The monoisotopic (exact) mass is 270 g/mol. The summed E-state index contributed by atoms with van der Waals surface area (Å²) in [6.07, 6.45) is 0.410. The van der Waals surface area contributed by atoms with E-state index in [1.807, 2.05) is 19.1 Å². The molecule has 2 aromatic rings. The third kappa shape index (κ3) is 1.60. The molecule has 0 aliphatic heterocycles. The van der Waals surface area contributed by atoms with Crippen molar-refractivity contribution in [2.45, 2.75) is 19.4 Å². The van der Waals surface area contributed by atoms with E-state index in [1.54, 1.807) is 11.3 Å². The van der Waals surface area contributed by atoms with Crippen molar-refractivity contribution in [2.24, 2.45) is 0 Å². The summed E-state index contributed by atoms with van der Waals surface area (Å²) in [5.74, 6) is 0. The summed E-state index contributed by atoms with van der Waals surface area (Å²) in [6.45, 7) is 1.99. The minimum atomic E-state index is -0.346. The quantitative estimate of drug-likeness (QED) is 0.871. The molecule has 1 N–H and O–H groups in total. The van der Waals surface area contributed by atoms with E-state index in [4.69, 9.17) is 0 Å². The number of fused-ring (bicyclic) bond motifs is 1. The first-order chi connectivity index (χ1) is 6.74. The van der Waals surface area contributed by atoms with E-state index in [1.165, 1.54) is 10.1 Å². The first-order valence-corrected chi connectivity index (χ1v) is 6.20. The Bertz CT molecular complexity index is 449. The van der Waals surface area contributed by atoms with Gasteiger partial charge >= 0.3 is 0 Å². The summed E-state index contributed by atoms with van der Waals surface area (Å²) in [5, 5.41) is 11.0. The third-order valence-electron chi connectivity index (χ3n) is 2.25. The smallest absolute Gasteiger partial charge is 0.0891 e. The molecule has 2 rings (SSSR count). The molecule has 74 valence electrons. The second-order valence-corrected chi connectivity index (χ2v) is 5.08. The van der Waals surface area contributed by atoms with Crippen molar-refractivity contribution in [3.05, 3.63) is 33.6 Å². The van der Waals surface area contributed by atoms with Crippen molar-refractivity contribution in [3.63, 3.8) is 0 Å². The largest absolute Gasteiger partial charge is 0.388 e. The molecule has 1 unspecified atom stereocenters. The van der Waals surface area contributed by atoms with Crippen LogP contribution in [0.25, 0.3) is 10.1 Å². The molecule has 1 aromatic heterocycles. The van der Waals surface area contributed by atoms with Crippen LogP contribution in [-0.4, -0.2) is 5.11 Å². The number of aliphatic hydroxyl groups excluding tert-OH is 1. The van der Waals surface area contributed by atoms with Crippen LogP contribution in [0.4, 0.5) is 0 Å². The topological polar surface area (TPSA) is 20.2 Å². The van der Waals surface area contributed by atoms with Crippen LogP contribution >= 0.6 is 27.3 Å². The summed E-state index contributed by atoms with van der Waals surface area (Å²) in [7, 11) is 0. The van der Waals surface area contributed by atoms with Gasteiger partial charge in [0.1, 0.15) is 0 Å². The van der Waals surface area contributed by atoms with Gasteiger partial charge in [-0.05, 0) is 28.4 Å². The van der Waals surface area contributed by atoms with E-state index in [-0.39, 0.29) is 6.10 Å². The highest BCUT2D eigenvalue weighted by Crippen LogP contribution is 2.39. The number of rotatable bonds is 2. The Hall–Kier alpha value is -0.380. The van der Waals surface area contributed by atoms with Gasteiger partial charge in [-0.25, -0.2) is 0 Å². The SMILES string of the molecule is CCC(O)c1sc2ccccc2c1Br. The molecule has 3 heteroatoms. The van der Waals surface area contributed by atoms with Crippen LogP contribution in [0.15, 0.2) is 28.7 Å². The zero-order chi connectivity index (χ0) is 10.1. The molecule has 0 amide bonds. The first kappa shape index (κ1) is 10.1. The predicted octanol–water partition coefficient (Wildman–Crippen LogP) is 4.11. The highest BCUT2D eigenvalue weighted by molar-refractivity contribution is 9.10. The van der Waals surface area contributed by atoms with Crippen molar-refractivity contribution in [1.29, 1.82) is 0 Å². The average molecular weight is 271 g/mol. The van der Waals surface area contributed by atoms with Crippen LogP contribution < -0.4 is 0 Å². The molecule has 0 fully saturated rings. The number of hydrogen-bond acceptors (Lipinski definition) is 2. The number of thiophene rings is 1. The maximum Gasteiger partial charge on any atom is 0.0891 e. The lowest BCUT2D eigenvalue weighted by molar-refractivity contribution is 0.177. The molecule has 1 nitrogen and oxygen atoms in total. The summed E-state index contributed by atoms with van der Waals surface area (Å²) in [4.78, 5) is 1.04. The van der Waals surface area contributed by atoms with E-state index < -0.39 is 0 Å². The fraction of sp³-hybridized carbons (Fsp3) is 0.273. The van der Waals surface area contributed by atoms with E-state index in [0.29, 0.717) is 0 Å². The Labute approximate surface area is 95.5 Å². The van der Waals surface area contributed by atoms with Gasteiger partial charge in [0.25, 0.3) is 0 Å². The Kier molecular flexibility index (Phi) is 2.91. The van der Waals surface area contributed by atoms with Gasteiger partial charge in [-0.15, -0.1) is 11.3 Å². The number of halogens is 1. The van der Waals surface area contributed by atoms with Gasteiger partial charge in [0, 0.05) is 19.4 Å². The first-order valence-electron chi connectivity index (χ1n) is 4.59. The highest BCUT2D eigenvalue weighted by Gasteiger charge is 2.14. The van der Waals surface area contributed by atoms with E-state index in [0.717, 1.165) is 15.8 Å². The average Bonchev–Trinajstić information content (AvgIpc) is 2.56. The van der Waals surface area contributed by atoms with Crippen molar-refractivity contribution < 1.29 is 5.11 Å². The lowest BCUT2D eigenvalue weighted by Crippen LogP contribution is -1.91. The highest BCUT2D eigenvalue weighted by atomic mass is 79.9. The molecular weight excluding hydrogens is 260 g/mol. The summed E-state index contributed by atoms with van der Waals surface area (Å²) >= 11 is 5.20. The molecule has 1 heterocycles. The Morgan fingerprint density at radius 2 is 2.14 bits per heavy atom. The van der Waals surface area contributed by atoms with Crippen LogP contribution in [0.5, 0.6) is 0 Å². The van der Waals surface area contributed by atoms with Crippen molar-refractivity contribution in [2.75, 3.05) is 0 Å². The predicted molar refractivity (Wildman–Crippen MR) is 64.8 cm³/mol. The zero-order valence-corrected chi connectivity index (χ0v) is 10.2. The van der Waals surface area contributed by atoms with Gasteiger partial charge in [0.15, 0.2) is 0 Å². The van der Waals surface area contributed by atoms with Crippen molar-refractivity contribution >= 4 is 37.4 Å². The molecular formula is C11H11BrOS. The van der Waals surface area contributed by atoms with Crippen LogP contribution in [0.2, 0.25) is 0 Å². The van der Waals surface area contributed by atoms with Crippen LogP contribution in [0.3, 0.4) is 0 Å². The van der Waals surface area contributed by atoms with Crippen LogP contribution in [-0.2, 0) is 0 Å². The summed E-state index contributed by atoms with van der Waals surface area (Å²) in [5.41, 5.74) is 0. The number of benzene rings is 1.